The van der Waals surface area contributed by atoms with Gasteiger partial charge in [-0.25, -0.2) is 13.1 Å². The molecule has 1 fully saturated rings. The Labute approximate surface area is 142 Å². The first-order valence-electron chi connectivity index (χ1n) is 7.33. The summed E-state index contributed by atoms with van der Waals surface area (Å²) in [6.45, 7) is 0.448. The van der Waals surface area contributed by atoms with Crippen LogP contribution in [0.4, 0.5) is 0 Å². The van der Waals surface area contributed by atoms with Gasteiger partial charge in [0.1, 0.15) is 0 Å². The fourth-order valence-corrected chi connectivity index (χ4v) is 4.49. The molecular weight excluding hydrogens is 343 g/mol. The predicted octanol–water partition coefficient (Wildman–Crippen LogP) is 3.29. The molecule has 1 N–H and O–H groups in total. The van der Waals surface area contributed by atoms with Gasteiger partial charge in [0, 0.05) is 12.1 Å². The Balaban J connectivity index is 2.03. The third-order valence-electron chi connectivity index (χ3n) is 4.44. The number of nitrogens with zero attached hydrogens (tertiary/aromatic N) is 1. The molecule has 0 bridgehead atoms. The number of likely N-dealkylation sites (N-methyl/N-ethyl adjacent to an activating group) is 1. The molecule has 0 amide bonds. The van der Waals surface area contributed by atoms with Gasteiger partial charge in [0.25, 0.3) is 0 Å². The third-order valence-corrected chi connectivity index (χ3v) is 6.48. The minimum atomic E-state index is -3.40. The molecule has 0 aliphatic heterocycles. The van der Waals surface area contributed by atoms with Crippen molar-refractivity contribution >= 4 is 33.2 Å². The Hall–Kier alpha value is -0.330. The first-order chi connectivity index (χ1) is 10.2. The number of hydrogen-bond donors (Lipinski definition) is 1. The number of benzene rings is 1. The molecule has 0 spiro atoms. The Bertz CT molecular complexity index is 626. The summed E-state index contributed by atoms with van der Waals surface area (Å²) in [5.74, 6) is -0.0899. The minimum Gasteiger partial charge on any atom is -0.302 e. The second-order valence-corrected chi connectivity index (χ2v) is 8.78. The van der Waals surface area contributed by atoms with E-state index < -0.39 is 10.0 Å². The van der Waals surface area contributed by atoms with Gasteiger partial charge in [0.2, 0.25) is 10.0 Å². The highest BCUT2D eigenvalue weighted by Crippen LogP contribution is 2.33. The molecule has 2 rings (SSSR count). The van der Waals surface area contributed by atoms with Crippen LogP contribution in [0.5, 0.6) is 0 Å². The van der Waals surface area contributed by atoms with E-state index in [1.807, 2.05) is 14.1 Å². The summed E-state index contributed by atoms with van der Waals surface area (Å²) in [4.78, 5) is 2.14. The molecule has 0 saturated heterocycles. The van der Waals surface area contributed by atoms with E-state index in [0.717, 1.165) is 25.7 Å². The van der Waals surface area contributed by atoms with Crippen LogP contribution in [-0.2, 0) is 15.8 Å². The highest BCUT2D eigenvalue weighted by atomic mass is 35.5. The number of nitrogens with one attached hydrogen (secondary N) is 1. The predicted molar refractivity (Wildman–Crippen MR) is 92.0 cm³/mol. The molecule has 1 aliphatic rings. The van der Waals surface area contributed by atoms with Crippen LogP contribution in [0, 0.1) is 0 Å². The lowest BCUT2D eigenvalue weighted by molar-refractivity contribution is 0.162. The molecule has 124 valence electrons. The zero-order valence-corrected chi connectivity index (χ0v) is 15.2. The Morgan fingerprint density at radius 1 is 1.18 bits per heavy atom. The van der Waals surface area contributed by atoms with Gasteiger partial charge in [-0.05, 0) is 44.6 Å². The van der Waals surface area contributed by atoms with Crippen molar-refractivity contribution in [2.45, 2.75) is 37.0 Å². The van der Waals surface area contributed by atoms with Crippen molar-refractivity contribution in [2.75, 3.05) is 20.6 Å². The zero-order valence-electron chi connectivity index (χ0n) is 12.9. The standard InChI is InChI=1S/C15H22Cl2N2O2S/c1-19(2)15(7-3-4-8-15)11-18-22(20,21)10-12-5-6-13(16)14(17)9-12/h5-6,9,18H,3-4,7-8,10-11H2,1-2H3. The van der Waals surface area contributed by atoms with Crippen LogP contribution in [0.3, 0.4) is 0 Å². The second kappa shape index (κ2) is 7.05. The van der Waals surface area contributed by atoms with E-state index in [0.29, 0.717) is 22.2 Å². The minimum absolute atomic E-state index is 0.0648. The monoisotopic (exact) mass is 364 g/mol. The van der Waals surface area contributed by atoms with Crippen molar-refractivity contribution in [3.05, 3.63) is 33.8 Å². The number of hydrogen-bond acceptors (Lipinski definition) is 3. The van der Waals surface area contributed by atoms with Crippen LogP contribution >= 0.6 is 23.2 Å². The maximum Gasteiger partial charge on any atom is 0.215 e. The van der Waals surface area contributed by atoms with Gasteiger partial charge in [-0.2, -0.15) is 0 Å². The summed E-state index contributed by atoms with van der Waals surface area (Å²) in [5, 5.41) is 0.795. The molecule has 7 heteroatoms. The molecule has 0 atom stereocenters. The van der Waals surface area contributed by atoms with Gasteiger partial charge in [0.15, 0.2) is 0 Å². The van der Waals surface area contributed by atoms with E-state index >= 15 is 0 Å². The average molecular weight is 365 g/mol. The van der Waals surface area contributed by atoms with Crippen LogP contribution in [0.15, 0.2) is 18.2 Å². The molecule has 0 unspecified atom stereocenters. The number of sulfonamides is 1. The van der Waals surface area contributed by atoms with Crippen molar-refractivity contribution in [3.63, 3.8) is 0 Å². The highest BCUT2D eigenvalue weighted by molar-refractivity contribution is 7.88. The second-order valence-electron chi connectivity index (χ2n) is 6.15. The summed E-state index contributed by atoms with van der Waals surface area (Å²) in [6, 6.07) is 4.90. The molecule has 22 heavy (non-hydrogen) atoms. The van der Waals surface area contributed by atoms with E-state index in [1.165, 1.54) is 0 Å². The average Bonchev–Trinajstić information content (AvgIpc) is 2.91. The van der Waals surface area contributed by atoms with Gasteiger partial charge in [0.05, 0.1) is 15.8 Å². The highest BCUT2D eigenvalue weighted by Gasteiger charge is 2.36. The van der Waals surface area contributed by atoms with E-state index in [2.05, 4.69) is 9.62 Å². The maximum absolute atomic E-state index is 12.3. The molecule has 1 aromatic rings. The lowest BCUT2D eigenvalue weighted by Crippen LogP contribution is -2.50. The lowest BCUT2D eigenvalue weighted by atomic mass is 9.97. The molecule has 4 nitrogen and oxygen atoms in total. The molecule has 0 radical (unpaired) electrons. The van der Waals surface area contributed by atoms with Crippen LogP contribution in [0.2, 0.25) is 10.0 Å². The normalized spacial score (nSPS) is 18.0. The first kappa shape index (κ1) is 18.0. The Kier molecular flexibility index (Phi) is 5.78. The number of rotatable bonds is 6. The molecule has 1 saturated carbocycles. The topological polar surface area (TPSA) is 49.4 Å². The first-order valence-corrected chi connectivity index (χ1v) is 9.74. The quantitative estimate of drug-likeness (QED) is 0.842. The molecule has 0 aromatic heterocycles. The largest absolute Gasteiger partial charge is 0.302 e. The summed E-state index contributed by atoms with van der Waals surface area (Å²) in [6.07, 6.45) is 4.34. The summed E-state index contributed by atoms with van der Waals surface area (Å²) in [5.41, 5.74) is 0.567. The third kappa shape index (κ3) is 4.36. The van der Waals surface area contributed by atoms with Gasteiger partial charge in [-0.15, -0.1) is 0 Å². The molecule has 1 aliphatic carbocycles. The van der Waals surface area contributed by atoms with Crippen molar-refractivity contribution in [1.82, 2.24) is 9.62 Å². The molecular formula is C15H22Cl2N2O2S. The Morgan fingerprint density at radius 3 is 2.36 bits per heavy atom. The molecule has 0 heterocycles. The fraction of sp³-hybridized carbons (Fsp3) is 0.600. The van der Waals surface area contributed by atoms with Gasteiger partial charge in [-0.3, -0.25) is 0 Å². The summed E-state index contributed by atoms with van der Waals surface area (Å²) >= 11 is 11.8. The van der Waals surface area contributed by atoms with Gasteiger partial charge < -0.3 is 4.90 Å². The van der Waals surface area contributed by atoms with Crippen LogP contribution in [0.1, 0.15) is 31.2 Å². The van der Waals surface area contributed by atoms with E-state index in [4.69, 9.17) is 23.2 Å². The van der Waals surface area contributed by atoms with E-state index in [-0.39, 0.29) is 11.3 Å². The smallest absolute Gasteiger partial charge is 0.215 e. The Morgan fingerprint density at radius 2 is 1.82 bits per heavy atom. The summed E-state index contributed by atoms with van der Waals surface area (Å²) < 4.78 is 27.4. The molecule has 1 aromatic carbocycles. The van der Waals surface area contributed by atoms with Crippen LogP contribution in [-0.4, -0.2) is 39.5 Å². The zero-order chi connectivity index (χ0) is 16.4. The van der Waals surface area contributed by atoms with Crippen molar-refractivity contribution in [3.8, 4) is 0 Å². The van der Waals surface area contributed by atoms with E-state index in [1.54, 1.807) is 18.2 Å². The van der Waals surface area contributed by atoms with Crippen molar-refractivity contribution < 1.29 is 8.42 Å². The lowest BCUT2D eigenvalue weighted by Gasteiger charge is -2.36. The maximum atomic E-state index is 12.3. The van der Waals surface area contributed by atoms with E-state index in [9.17, 15) is 8.42 Å². The summed E-state index contributed by atoms with van der Waals surface area (Å²) in [7, 11) is 0.623. The van der Waals surface area contributed by atoms with Crippen LogP contribution in [0.25, 0.3) is 0 Å². The SMILES string of the molecule is CN(C)C1(CNS(=O)(=O)Cc2ccc(Cl)c(Cl)c2)CCCC1. The fourth-order valence-electron chi connectivity index (χ4n) is 2.96. The van der Waals surface area contributed by atoms with Gasteiger partial charge >= 0.3 is 0 Å². The van der Waals surface area contributed by atoms with Crippen LogP contribution < -0.4 is 4.72 Å². The van der Waals surface area contributed by atoms with Crippen molar-refractivity contribution in [1.29, 1.82) is 0 Å². The van der Waals surface area contributed by atoms with Gasteiger partial charge in [-0.1, -0.05) is 42.1 Å². The van der Waals surface area contributed by atoms with Crippen molar-refractivity contribution in [2.24, 2.45) is 0 Å². The number of halogens is 2.